The maximum Gasteiger partial charge on any atom is 0.266 e. The number of aromatic amines is 1. The number of carbonyl (C=O) groups is 1. The molecule has 1 fully saturated rings. The Balaban J connectivity index is 1.39. The topological polar surface area (TPSA) is 98.4 Å². The molecule has 1 aliphatic heterocycles. The van der Waals surface area contributed by atoms with Crippen LogP contribution in [0.1, 0.15) is 32.1 Å². The number of aromatic nitrogens is 2. The summed E-state index contributed by atoms with van der Waals surface area (Å²) < 4.78 is 25.2. The van der Waals surface area contributed by atoms with E-state index in [0.717, 1.165) is 39.0 Å². The van der Waals surface area contributed by atoms with Crippen molar-refractivity contribution in [2.75, 3.05) is 37.8 Å². The van der Waals surface area contributed by atoms with Crippen LogP contribution in [-0.4, -0.2) is 66.2 Å². The van der Waals surface area contributed by atoms with Gasteiger partial charge in [0, 0.05) is 43.8 Å². The number of carbonyl (C=O) groups excluding carboxylic acids is 1. The van der Waals surface area contributed by atoms with Crippen LogP contribution in [0.3, 0.4) is 0 Å². The lowest BCUT2D eigenvalue weighted by Gasteiger charge is -2.33. The first-order chi connectivity index (χ1) is 17.8. The van der Waals surface area contributed by atoms with Crippen molar-refractivity contribution in [1.29, 1.82) is 0 Å². The summed E-state index contributed by atoms with van der Waals surface area (Å²) in [5.41, 5.74) is 5.39. The van der Waals surface area contributed by atoms with E-state index < -0.39 is 10.0 Å². The third kappa shape index (κ3) is 5.83. The van der Waals surface area contributed by atoms with Gasteiger partial charge in [0.15, 0.2) is 0 Å². The number of nitrogens with one attached hydrogen (secondary N) is 2. The van der Waals surface area contributed by atoms with E-state index in [-0.39, 0.29) is 5.91 Å². The molecule has 5 rings (SSSR count). The standard InChI is InChI=1S/C27H29N5O3S2/c1-19-11-16-36-26(19)27(33)28-25-17-20(18-31-12-14-32(15-13-31)37(2,34)35)7-8-21(25)9-10-24-22-5-3-4-6-23(22)29-30-24/h3-11,16-17H,12-15,18H2,1-2H3,(H,28,33)(H,29,30)/b10-9+. The van der Waals surface area contributed by atoms with Crippen molar-refractivity contribution < 1.29 is 13.2 Å². The molecule has 4 aromatic rings. The first kappa shape index (κ1) is 25.3. The van der Waals surface area contributed by atoms with Gasteiger partial charge in [-0.25, -0.2) is 8.42 Å². The second-order valence-corrected chi connectivity index (χ2v) is 12.1. The lowest BCUT2D eigenvalue weighted by molar-refractivity contribution is 0.103. The number of thiophene rings is 1. The number of H-pyrrole nitrogens is 1. The van der Waals surface area contributed by atoms with E-state index >= 15 is 0 Å². The summed E-state index contributed by atoms with van der Waals surface area (Å²) in [4.78, 5) is 16.0. The molecule has 1 aliphatic rings. The Kier molecular flexibility index (Phi) is 7.25. The first-order valence-electron chi connectivity index (χ1n) is 12.0. The number of nitrogens with zero attached hydrogens (tertiary/aromatic N) is 3. The number of hydrogen-bond donors (Lipinski definition) is 2. The Bertz CT molecular complexity index is 1560. The van der Waals surface area contributed by atoms with Crippen LogP contribution >= 0.6 is 11.3 Å². The SMILES string of the molecule is Cc1ccsc1C(=O)Nc1cc(CN2CCN(S(C)(=O)=O)CC2)ccc1/C=C/c1n[nH]c2ccccc12. The van der Waals surface area contributed by atoms with Gasteiger partial charge < -0.3 is 5.32 Å². The van der Waals surface area contributed by atoms with E-state index in [4.69, 9.17) is 0 Å². The Morgan fingerprint density at radius 1 is 1.11 bits per heavy atom. The number of piperazine rings is 1. The second kappa shape index (κ2) is 10.6. The van der Waals surface area contributed by atoms with Crippen LogP contribution in [0.2, 0.25) is 0 Å². The molecule has 0 saturated carbocycles. The maximum atomic E-state index is 13.1. The molecular formula is C27H29N5O3S2. The van der Waals surface area contributed by atoms with Crippen molar-refractivity contribution in [2.45, 2.75) is 13.5 Å². The molecule has 37 heavy (non-hydrogen) atoms. The maximum absolute atomic E-state index is 13.1. The van der Waals surface area contributed by atoms with Gasteiger partial charge >= 0.3 is 0 Å². The number of aryl methyl sites for hydroxylation is 1. The fourth-order valence-corrected chi connectivity index (χ4v) is 6.14. The minimum absolute atomic E-state index is 0.133. The van der Waals surface area contributed by atoms with E-state index in [1.165, 1.54) is 21.9 Å². The molecule has 0 unspecified atom stereocenters. The van der Waals surface area contributed by atoms with Gasteiger partial charge in [0.2, 0.25) is 10.0 Å². The Hall–Kier alpha value is -3.31. The predicted molar refractivity (Wildman–Crippen MR) is 150 cm³/mol. The first-order valence-corrected chi connectivity index (χ1v) is 14.8. The molecule has 0 spiro atoms. The van der Waals surface area contributed by atoms with E-state index in [1.54, 1.807) is 0 Å². The normalized spacial score (nSPS) is 15.5. The van der Waals surface area contributed by atoms with Crippen molar-refractivity contribution in [3.05, 3.63) is 81.2 Å². The summed E-state index contributed by atoms with van der Waals surface area (Å²) in [6.45, 7) is 4.90. The monoisotopic (exact) mass is 535 g/mol. The zero-order valence-corrected chi connectivity index (χ0v) is 22.4. The lowest BCUT2D eigenvalue weighted by atomic mass is 10.1. The summed E-state index contributed by atoms with van der Waals surface area (Å²) in [6, 6.07) is 16.0. The van der Waals surface area contributed by atoms with Crippen LogP contribution < -0.4 is 5.32 Å². The van der Waals surface area contributed by atoms with Gasteiger partial charge in [-0.05, 0) is 53.3 Å². The molecule has 8 nitrogen and oxygen atoms in total. The van der Waals surface area contributed by atoms with Gasteiger partial charge in [0.25, 0.3) is 5.91 Å². The minimum Gasteiger partial charge on any atom is -0.321 e. The van der Waals surface area contributed by atoms with Gasteiger partial charge in [0.1, 0.15) is 0 Å². The Morgan fingerprint density at radius 3 is 2.62 bits per heavy atom. The Labute approximate surface area is 220 Å². The summed E-state index contributed by atoms with van der Waals surface area (Å²) >= 11 is 1.42. The van der Waals surface area contributed by atoms with Gasteiger partial charge in [-0.15, -0.1) is 11.3 Å². The molecule has 3 heterocycles. The number of benzene rings is 2. The van der Waals surface area contributed by atoms with E-state index in [1.807, 2.05) is 66.9 Å². The average Bonchev–Trinajstić information content (AvgIpc) is 3.49. The van der Waals surface area contributed by atoms with Crippen LogP contribution in [0.4, 0.5) is 5.69 Å². The van der Waals surface area contributed by atoms with E-state index in [0.29, 0.717) is 37.6 Å². The lowest BCUT2D eigenvalue weighted by Crippen LogP contribution is -2.47. The fraction of sp³-hybridized carbons (Fsp3) is 0.259. The average molecular weight is 536 g/mol. The van der Waals surface area contributed by atoms with Crippen molar-refractivity contribution in [3.63, 3.8) is 0 Å². The van der Waals surface area contributed by atoms with Crippen molar-refractivity contribution in [3.8, 4) is 0 Å². The second-order valence-electron chi connectivity index (χ2n) is 9.23. The molecule has 2 N–H and O–H groups in total. The van der Waals surface area contributed by atoms with Gasteiger partial charge in [-0.1, -0.05) is 36.4 Å². The van der Waals surface area contributed by atoms with Crippen LogP contribution in [0.5, 0.6) is 0 Å². The highest BCUT2D eigenvalue weighted by atomic mass is 32.2. The number of para-hydroxylation sites is 1. The highest BCUT2D eigenvalue weighted by Gasteiger charge is 2.23. The van der Waals surface area contributed by atoms with Crippen LogP contribution in [-0.2, 0) is 16.6 Å². The van der Waals surface area contributed by atoms with Crippen LogP contribution in [0.15, 0.2) is 53.9 Å². The molecule has 0 atom stereocenters. The summed E-state index contributed by atoms with van der Waals surface area (Å²) in [5.74, 6) is -0.133. The molecule has 0 aliphatic carbocycles. The molecule has 0 bridgehead atoms. The van der Waals surface area contributed by atoms with Crippen molar-refractivity contribution in [1.82, 2.24) is 19.4 Å². The highest BCUT2D eigenvalue weighted by Crippen LogP contribution is 2.26. The number of hydrogen-bond acceptors (Lipinski definition) is 6. The van der Waals surface area contributed by atoms with E-state index in [9.17, 15) is 13.2 Å². The van der Waals surface area contributed by atoms with Crippen LogP contribution in [0.25, 0.3) is 23.1 Å². The molecule has 1 saturated heterocycles. The predicted octanol–water partition coefficient (Wildman–Crippen LogP) is 4.43. The molecule has 1 amide bonds. The highest BCUT2D eigenvalue weighted by molar-refractivity contribution is 7.88. The third-order valence-electron chi connectivity index (χ3n) is 6.56. The smallest absolute Gasteiger partial charge is 0.266 e. The number of rotatable bonds is 7. The molecule has 0 radical (unpaired) electrons. The number of amides is 1. The van der Waals surface area contributed by atoms with Crippen molar-refractivity contribution in [2.24, 2.45) is 0 Å². The molecule has 2 aromatic carbocycles. The molecule has 10 heteroatoms. The fourth-order valence-electron chi connectivity index (χ4n) is 4.50. The van der Waals surface area contributed by atoms with E-state index in [2.05, 4.69) is 26.5 Å². The quantitative estimate of drug-likeness (QED) is 0.365. The summed E-state index contributed by atoms with van der Waals surface area (Å²) in [5, 5.41) is 13.5. The Morgan fingerprint density at radius 2 is 1.89 bits per heavy atom. The molecular weight excluding hydrogens is 506 g/mol. The summed E-state index contributed by atoms with van der Waals surface area (Å²) in [6.07, 6.45) is 5.17. The summed E-state index contributed by atoms with van der Waals surface area (Å²) in [7, 11) is -3.17. The van der Waals surface area contributed by atoms with Crippen LogP contribution in [0, 0.1) is 6.92 Å². The zero-order valence-electron chi connectivity index (χ0n) is 20.8. The van der Waals surface area contributed by atoms with Gasteiger partial charge in [-0.2, -0.15) is 9.40 Å². The zero-order chi connectivity index (χ0) is 26.0. The minimum atomic E-state index is -3.17. The largest absolute Gasteiger partial charge is 0.321 e. The molecule has 2 aromatic heterocycles. The van der Waals surface area contributed by atoms with Gasteiger partial charge in [-0.3, -0.25) is 14.8 Å². The number of anilines is 1. The number of sulfonamides is 1. The number of fused-ring (bicyclic) bond motifs is 1. The van der Waals surface area contributed by atoms with Gasteiger partial charge in [0.05, 0.1) is 22.3 Å². The third-order valence-corrected chi connectivity index (χ3v) is 8.88. The molecule has 192 valence electrons. The van der Waals surface area contributed by atoms with Crippen molar-refractivity contribution >= 4 is 56.0 Å².